The van der Waals surface area contributed by atoms with E-state index in [9.17, 15) is 0 Å². The summed E-state index contributed by atoms with van der Waals surface area (Å²) in [5, 5.41) is 1.25. The summed E-state index contributed by atoms with van der Waals surface area (Å²) in [4.78, 5) is 2.17. The summed E-state index contributed by atoms with van der Waals surface area (Å²) in [5.74, 6) is 0. The monoisotopic (exact) mass is 232 g/mol. The van der Waals surface area contributed by atoms with Gasteiger partial charge in [-0.1, -0.05) is 18.2 Å². The van der Waals surface area contributed by atoms with Crippen molar-refractivity contribution in [2.45, 2.75) is 6.04 Å². The summed E-state index contributed by atoms with van der Waals surface area (Å²) in [6, 6.07) is 8.38. The number of hydrogen-bond acceptors (Lipinski definition) is 3. The van der Waals surface area contributed by atoms with E-state index in [2.05, 4.69) is 54.0 Å². The van der Waals surface area contributed by atoms with Crippen LogP contribution in [0.1, 0.15) is 0 Å². The fraction of sp³-hybridized carbons (Fsp3) is 0.385. The Morgan fingerprint density at radius 1 is 1.35 bits per heavy atom. The second kappa shape index (κ2) is 4.77. The highest BCUT2D eigenvalue weighted by atomic mass is 15.1. The molecule has 1 aromatic carbocycles. The van der Waals surface area contributed by atoms with Gasteiger partial charge in [-0.25, -0.2) is 0 Å². The zero-order valence-electron chi connectivity index (χ0n) is 10.4. The minimum absolute atomic E-state index is 0.0129. The van der Waals surface area contributed by atoms with Crippen LogP contribution < -0.4 is 16.4 Å². The molecule has 2 rings (SSSR count). The lowest BCUT2D eigenvalue weighted by molar-refractivity contribution is 0.668. The molecule has 0 radical (unpaired) electrons. The van der Waals surface area contributed by atoms with Crippen molar-refractivity contribution in [1.82, 2.24) is 4.57 Å². The zero-order valence-corrected chi connectivity index (χ0v) is 10.4. The Hall–Kier alpha value is -1.52. The maximum atomic E-state index is 5.89. The van der Waals surface area contributed by atoms with Gasteiger partial charge in [0.05, 0.1) is 5.69 Å². The van der Waals surface area contributed by atoms with Crippen molar-refractivity contribution in [2.24, 2.45) is 18.5 Å². The van der Waals surface area contributed by atoms with Gasteiger partial charge in [-0.05, 0) is 6.07 Å². The molecule has 4 nitrogen and oxygen atoms in total. The molecule has 17 heavy (non-hydrogen) atoms. The molecule has 0 spiro atoms. The first kappa shape index (κ1) is 12.0. The second-order valence-corrected chi connectivity index (χ2v) is 4.52. The molecular weight excluding hydrogens is 212 g/mol. The molecule has 0 amide bonds. The third-order valence-corrected chi connectivity index (χ3v) is 3.10. The highest BCUT2D eigenvalue weighted by Gasteiger charge is 2.11. The van der Waals surface area contributed by atoms with E-state index < -0.39 is 0 Å². The quantitative estimate of drug-likeness (QED) is 0.823. The third-order valence-electron chi connectivity index (χ3n) is 3.10. The highest BCUT2D eigenvalue weighted by Crippen LogP contribution is 2.27. The molecule has 0 saturated heterocycles. The minimum Gasteiger partial charge on any atom is -0.371 e. The van der Waals surface area contributed by atoms with E-state index in [1.807, 2.05) is 0 Å². The van der Waals surface area contributed by atoms with Gasteiger partial charge in [0, 0.05) is 50.3 Å². The number of aromatic nitrogens is 1. The molecule has 4 N–H and O–H groups in total. The molecule has 2 aromatic rings. The summed E-state index contributed by atoms with van der Waals surface area (Å²) in [7, 11) is 4.11. The maximum Gasteiger partial charge on any atom is 0.0623 e. The molecule has 1 unspecified atom stereocenters. The number of likely N-dealkylation sites (N-methyl/N-ethyl adjacent to an activating group) is 1. The molecule has 0 fully saturated rings. The predicted octanol–water partition coefficient (Wildman–Crippen LogP) is 0.901. The van der Waals surface area contributed by atoms with Crippen molar-refractivity contribution >= 4 is 16.6 Å². The number of rotatable bonds is 4. The Kier molecular flexibility index (Phi) is 3.36. The minimum atomic E-state index is 0.0129. The van der Waals surface area contributed by atoms with Crippen LogP contribution in [0.25, 0.3) is 10.9 Å². The standard InChI is InChI=1S/C13H20N4/c1-16(8-10(15)7-14)13-9-17(2)12-6-4-3-5-11(12)13/h3-6,9-10H,7-8,14-15H2,1-2H3. The van der Waals surface area contributed by atoms with Crippen LogP contribution in [-0.4, -0.2) is 30.7 Å². The van der Waals surface area contributed by atoms with Gasteiger partial charge in [-0.2, -0.15) is 0 Å². The van der Waals surface area contributed by atoms with Crippen molar-refractivity contribution in [1.29, 1.82) is 0 Å². The topological polar surface area (TPSA) is 60.2 Å². The summed E-state index contributed by atoms with van der Waals surface area (Å²) in [5.41, 5.74) is 13.9. The molecule has 4 heteroatoms. The smallest absolute Gasteiger partial charge is 0.0623 e. The van der Waals surface area contributed by atoms with E-state index >= 15 is 0 Å². The number of hydrogen-bond donors (Lipinski definition) is 2. The fourth-order valence-electron chi connectivity index (χ4n) is 2.15. The lowest BCUT2D eigenvalue weighted by atomic mass is 10.2. The summed E-state index contributed by atoms with van der Waals surface area (Å²) < 4.78 is 2.13. The van der Waals surface area contributed by atoms with Crippen LogP contribution in [0.2, 0.25) is 0 Å². The van der Waals surface area contributed by atoms with Crippen LogP contribution in [-0.2, 0) is 7.05 Å². The predicted molar refractivity (Wildman–Crippen MR) is 73.2 cm³/mol. The number of benzene rings is 1. The van der Waals surface area contributed by atoms with E-state index in [1.54, 1.807) is 0 Å². The lowest BCUT2D eigenvalue weighted by Crippen LogP contribution is -2.40. The van der Waals surface area contributed by atoms with Crippen LogP contribution in [0.5, 0.6) is 0 Å². The molecule has 92 valence electrons. The molecule has 1 atom stereocenters. The number of fused-ring (bicyclic) bond motifs is 1. The Balaban J connectivity index is 2.35. The van der Waals surface area contributed by atoms with Crippen LogP contribution >= 0.6 is 0 Å². The van der Waals surface area contributed by atoms with E-state index in [1.165, 1.54) is 16.6 Å². The Morgan fingerprint density at radius 3 is 2.76 bits per heavy atom. The van der Waals surface area contributed by atoms with Crippen LogP contribution in [0.4, 0.5) is 5.69 Å². The van der Waals surface area contributed by atoms with Gasteiger partial charge in [0.25, 0.3) is 0 Å². The SMILES string of the molecule is CN(CC(N)CN)c1cn(C)c2ccccc12. The van der Waals surface area contributed by atoms with Crippen molar-refractivity contribution in [2.75, 3.05) is 25.0 Å². The molecular formula is C13H20N4. The fourth-order valence-corrected chi connectivity index (χ4v) is 2.15. The average Bonchev–Trinajstić information content (AvgIpc) is 2.67. The summed E-state index contributed by atoms with van der Waals surface area (Å²) in [6.45, 7) is 1.28. The Bertz CT molecular complexity index is 503. The summed E-state index contributed by atoms with van der Waals surface area (Å²) >= 11 is 0. The Labute approximate surface area is 102 Å². The second-order valence-electron chi connectivity index (χ2n) is 4.52. The first-order valence-electron chi connectivity index (χ1n) is 5.84. The Morgan fingerprint density at radius 2 is 2.06 bits per heavy atom. The lowest BCUT2D eigenvalue weighted by Gasteiger charge is -2.21. The molecule has 0 bridgehead atoms. The van der Waals surface area contributed by atoms with Gasteiger partial charge in [-0.15, -0.1) is 0 Å². The maximum absolute atomic E-state index is 5.89. The molecule has 0 saturated carbocycles. The number of nitrogens with two attached hydrogens (primary N) is 2. The van der Waals surface area contributed by atoms with Crippen LogP contribution in [0, 0.1) is 0 Å². The first-order chi connectivity index (χ1) is 8.13. The van der Waals surface area contributed by atoms with Gasteiger partial charge < -0.3 is 20.9 Å². The van der Waals surface area contributed by atoms with Gasteiger partial charge in [-0.3, -0.25) is 0 Å². The van der Waals surface area contributed by atoms with Gasteiger partial charge >= 0.3 is 0 Å². The number of aryl methyl sites for hydroxylation is 1. The largest absolute Gasteiger partial charge is 0.371 e. The average molecular weight is 232 g/mol. The number of anilines is 1. The van der Waals surface area contributed by atoms with Crippen molar-refractivity contribution in [3.63, 3.8) is 0 Å². The number of nitrogens with zero attached hydrogens (tertiary/aromatic N) is 2. The molecule has 1 heterocycles. The third kappa shape index (κ3) is 2.28. The van der Waals surface area contributed by atoms with E-state index in [-0.39, 0.29) is 6.04 Å². The highest BCUT2D eigenvalue weighted by molar-refractivity contribution is 5.93. The van der Waals surface area contributed by atoms with E-state index in [0.717, 1.165) is 6.54 Å². The normalized spacial score (nSPS) is 12.9. The molecule has 1 aromatic heterocycles. The van der Waals surface area contributed by atoms with Gasteiger partial charge in [0.15, 0.2) is 0 Å². The van der Waals surface area contributed by atoms with Crippen LogP contribution in [0.15, 0.2) is 30.5 Å². The van der Waals surface area contributed by atoms with E-state index in [0.29, 0.717) is 6.54 Å². The molecule has 0 aliphatic rings. The van der Waals surface area contributed by atoms with Gasteiger partial charge in [0.2, 0.25) is 0 Å². The van der Waals surface area contributed by atoms with E-state index in [4.69, 9.17) is 11.5 Å². The molecule has 0 aliphatic heterocycles. The zero-order chi connectivity index (χ0) is 12.4. The number of para-hydroxylation sites is 1. The van der Waals surface area contributed by atoms with Crippen LogP contribution in [0.3, 0.4) is 0 Å². The first-order valence-corrected chi connectivity index (χ1v) is 5.84. The van der Waals surface area contributed by atoms with Gasteiger partial charge in [0.1, 0.15) is 0 Å². The van der Waals surface area contributed by atoms with Crippen molar-refractivity contribution < 1.29 is 0 Å². The van der Waals surface area contributed by atoms with Crippen molar-refractivity contribution in [3.05, 3.63) is 30.5 Å². The summed E-state index contributed by atoms with van der Waals surface area (Å²) in [6.07, 6.45) is 2.13. The molecule has 0 aliphatic carbocycles. The van der Waals surface area contributed by atoms with Crippen molar-refractivity contribution in [3.8, 4) is 0 Å².